The van der Waals surface area contributed by atoms with Gasteiger partial charge in [-0.1, -0.05) is 52.7 Å². The van der Waals surface area contributed by atoms with Crippen molar-refractivity contribution in [2.75, 3.05) is 13.7 Å². The average molecular weight is 561 g/mol. The van der Waals surface area contributed by atoms with E-state index in [9.17, 15) is 9.59 Å². The van der Waals surface area contributed by atoms with Crippen molar-refractivity contribution in [1.29, 1.82) is 0 Å². The molecule has 7 nitrogen and oxygen atoms in total. The Morgan fingerprint density at radius 2 is 1.89 bits per heavy atom. The lowest BCUT2D eigenvalue weighted by Gasteiger charge is -2.26. The number of carbonyl (C=O) groups is 1. The van der Waals surface area contributed by atoms with Crippen LogP contribution in [0.1, 0.15) is 44.9 Å². The van der Waals surface area contributed by atoms with Gasteiger partial charge in [-0.2, -0.15) is 0 Å². The molecule has 0 aliphatic carbocycles. The van der Waals surface area contributed by atoms with Crippen molar-refractivity contribution in [2.24, 2.45) is 4.99 Å². The molecule has 1 atom stereocenters. The van der Waals surface area contributed by atoms with Crippen LogP contribution in [0.25, 0.3) is 6.08 Å². The third kappa shape index (κ3) is 5.32. The van der Waals surface area contributed by atoms with E-state index in [0.717, 1.165) is 0 Å². The van der Waals surface area contributed by atoms with E-state index in [4.69, 9.17) is 37.4 Å². The molecule has 0 fully saturated rings. The van der Waals surface area contributed by atoms with Crippen LogP contribution in [0, 0.1) is 0 Å². The van der Waals surface area contributed by atoms with Crippen LogP contribution in [0.4, 0.5) is 0 Å². The van der Waals surface area contributed by atoms with Crippen molar-refractivity contribution in [1.82, 2.24) is 4.57 Å². The summed E-state index contributed by atoms with van der Waals surface area (Å²) in [7, 11) is 1.48. The summed E-state index contributed by atoms with van der Waals surface area (Å²) in [5.74, 6) is 0.400. The number of hydrogen-bond donors (Lipinski definition) is 0. The van der Waals surface area contributed by atoms with Gasteiger partial charge in [-0.25, -0.2) is 9.79 Å². The maximum Gasteiger partial charge on any atom is 0.338 e. The normalized spacial score (nSPS) is 15.5. The van der Waals surface area contributed by atoms with Gasteiger partial charge < -0.3 is 14.2 Å². The summed E-state index contributed by atoms with van der Waals surface area (Å²) < 4.78 is 18.6. The number of thiazole rings is 1. The van der Waals surface area contributed by atoms with Gasteiger partial charge in [0.05, 0.1) is 45.7 Å². The third-order valence-electron chi connectivity index (χ3n) is 5.62. The summed E-state index contributed by atoms with van der Waals surface area (Å²) in [4.78, 5) is 32.0. The number of nitrogens with zero attached hydrogens (tertiary/aromatic N) is 2. The lowest BCUT2D eigenvalue weighted by molar-refractivity contribution is -0.139. The molecule has 0 unspecified atom stereocenters. The first kappa shape index (κ1) is 27.0. The van der Waals surface area contributed by atoms with Crippen LogP contribution < -0.4 is 24.4 Å². The van der Waals surface area contributed by atoms with E-state index in [1.165, 1.54) is 23.0 Å². The number of aromatic nitrogens is 1. The van der Waals surface area contributed by atoms with E-state index < -0.39 is 12.0 Å². The van der Waals surface area contributed by atoms with Crippen LogP contribution in [-0.4, -0.2) is 30.4 Å². The molecule has 0 saturated heterocycles. The monoisotopic (exact) mass is 560 g/mol. The summed E-state index contributed by atoms with van der Waals surface area (Å²) in [6.45, 7) is 7.50. The van der Waals surface area contributed by atoms with Crippen molar-refractivity contribution >= 4 is 46.6 Å². The summed E-state index contributed by atoms with van der Waals surface area (Å²) in [5.41, 5.74) is 1.74. The summed E-state index contributed by atoms with van der Waals surface area (Å²) >= 11 is 13.8. The molecule has 2 heterocycles. The number of rotatable bonds is 7. The Balaban J connectivity index is 1.97. The molecule has 0 N–H and O–H groups in total. The second-order valence-electron chi connectivity index (χ2n) is 8.52. The number of esters is 1. The van der Waals surface area contributed by atoms with Crippen LogP contribution >= 0.6 is 34.5 Å². The lowest BCUT2D eigenvalue weighted by atomic mass is 9.95. The molecule has 10 heteroatoms. The highest BCUT2D eigenvalue weighted by atomic mass is 35.5. The van der Waals surface area contributed by atoms with Crippen LogP contribution in [0.5, 0.6) is 11.5 Å². The maximum atomic E-state index is 13.8. The first-order chi connectivity index (χ1) is 17.7. The van der Waals surface area contributed by atoms with Crippen LogP contribution in [0.3, 0.4) is 0 Å². The van der Waals surface area contributed by atoms with E-state index in [0.29, 0.717) is 47.7 Å². The Morgan fingerprint density at radius 1 is 1.22 bits per heavy atom. The molecular formula is C27H26Cl2N2O5S. The highest BCUT2D eigenvalue weighted by Crippen LogP contribution is 2.36. The minimum atomic E-state index is -0.782. The highest BCUT2D eigenvalue weighted by molar-refractivity contribution is 7.07. The maximum absolute atomic E-state index is 13.8. The number of fused-ring (bicyclic) bond motifs is 1. The Labute approximate surface area is 228 Å². The van der Waals surface area contributed by atoms with Gasteiger partial charge in [-0.05, 0) is 57.5 Å². The number of hydrogen-bond acceptors (Lipinski definition) is 7. The fourth-order valence-corrected chi connectivity index (χ4v) is 5.87. The van der Waals surface area contributed by atoms with Gasteiger partial charge in [0.15, 0.2) is 10.6 Å². The van der Waals surface area contributed by atoms with E-state index in [1.54, 1.807) is 32.1 Å². The van der Waals surface area contributed by atoms with Gasteiger partial charge in [-0.15, -0.1) is 0 Å². The van der Waals surface area contributed by atoms with Crippen LogP contribution in [0.15, 0.2) is 57.5 Å². The SMILES string of the molecule is CCOC(=O)C1=C(C)N=c2s/c(=C/c3cc(Cl)c(OC)c(Cl)c3)c(=O)n2[C@@H]1c1ccccc1OC(C)C. The van der Waals surface area contributed by atoms with Crippen molar-refractivity contribution in [3.8, 4) is 11.5 Å². The zero-order chi connectivity index (χ0) is 26.9. The number of halogens is 2. The first-order valence-corrected chi connectivity index (χ1v) is 13.2. The van der Waals surface area contributed by atoms with Crippen molar-refractivity contribution in [3.63, 3.8) is 0 Å². The van der Waals surface area contributed by atoms with E-state index in [-0.39, 0.29) is 23.8 Å². The minimum Gasteiger partial charge on any atom is -0.494 e. The van der Waals surface area contributed by atoms with Gasteiger partial charge in [0.1, 0.15) is 11.8 Å². The number of ether oxygens (including phenoxy) is 3. The number of allylic oxidation sites excluding steroid dienone is 1. The topological polar surface area (TPSA) is 79.1 Å². The molecule has 2 aromatic carbocycles. The third-order valence-corrected chi connectivity index (χ3v) is 7.16. The minimum absolute atomic E-state index is 0.113. The summed E-state index contributed by atoms with van der Waals surface area (Å²) in [6.07, 6.45) is 1.58. The Kier molecular flexibility index (Phi) is 8.11. The zero-order valence-electron chi connectivity index (χ0n) is 21.0. The molecular weight excluding hydrogens is 535 g/mol. The quantitative estimate of drug-likeness (QED) is 0.384. The van der Waals surface area contributed by atoms with Gasteiger partial charge in [0, 0.05) is 5.56 Å². The van der Waals surface area contributed by atoms with Crippen molar-refractivity contribution < 1.29 is 19.0 Å². The smallest absolute Gasteiger partial charge is 0.338 e. The number of para-hydroxylation sites is 1. The summed E-state index contributed by atoms with van der Waals surface area (Å²) in [5, 5.41) is 0.652. The molecule has 0 radical (unpaired) electrons. The van der Waals surface area contributed by atoms with Gasteiger partial charge in [0.2, 0.25) is 0 Å². The number of carbonyl (C=O) groups excluding carboxylic acids is 1. The largest absolute Gasteiger partial charge is 0.494 e. The number of methoxy groups -OCH3 is 1. The van der Waals surface area contributed by atoms with Crippen molar-refractivity contribution in [2.45, 2.75) is 39.8 Å². The molecule has 0 spiro atoms. The van der Waals surface area contributed by atoms with E-state index in [1.807, 2.05) is 38.1 Å². The standard InChI is InChI=1S/C27H26Cl2N2O5S/c1-6-35-26(33)22-15(4)30-27-31(23(22)17-9-7-8-10-20(17)36-14(2)3)25(32)21(37-27)13-16-11-18(28)24(34-5)19(29)12-16/h7-14,23H,6H2,1-5H3/b21-13+/t23-/m1/s1. The Hall–Kier alpha value is -3.07. The molecule has 0 saturated carbocycles. The molecule has 0 amide bonds. The fourth-order valence-electron chi connectivity index (χ4n) is 4.16. The molecule has 1 aliphatic heterocycles. The number of benzene rings is 2. The van der Waals surface area contributed by atoms with E-state index >= 15 is 0 Å². The second-order valence-corrected chi connectivity index (χ2v) is 10.3. The predicted octanol–water partition coefficient (Wildman–Crippen LogP) is 4.90. The highest BCUT2D eigenvalue weighted by Gasteiger charge is 2.35. The fraction of sp³-hybridized carbons (Fsp3) is 0.296. The summed E-state index contributed by atoms with van der Waals surface area (Å²) in [6, 6.07) is 9.92. The van der Waals surface area contributed by atoms with Gasteiger partial charge in [0.25, 0.3) is 5.56 Å². The average Bonchev–Trinajstić information content (AvgIpc) is 3.12. The van der Waals surface area contributed by atoms with Crippen LogP contribution in [0.2, 0.25) is 10.0 Å². The van der Waals surface area contributed by atoms with Gasteiger partial charge in [-0.3, -0.25) is 9.36 Å². The Morgan fingerprint density at radius 3 is 2.51 bits per heavy atom. The molecule has 1 aromatic heterocycles. The predicted molar refractivity (Wildman–Crippen MR) is 146 cm³/mol. The Bertz CT molecular complexity index is 1550. The molecule has 4 rings (SSSR count). The molecule has 0 bridgehead atoms. The molecule has 194 valence electrons. The van der Waals surface area contributed by atoms with Crippen LogP contribution in [-0.2, 0) is 9.53 Å². The van der Waals surface area contributed by atoms with Crippen molar-refractivity contribution in [3.05, 3.63) is 88.5 Å². The molecule has 3 aromatic rings. The first-order valence-electron chi connectivity index (χ1n) is 11.6. The zero-order valence-corrected chi connectivity index (χ0v) is 23.3. The van der Waals surface area contributed by atoms with E-state index in [2.05, 4.69) is 4.99 Å². The van der Waals surface area contributed by atoms with Gasteiger partial charge >= 0.3 is 5.97 Å². The lowest BCUT2D eigenvalue weighted by Crippen LogP contribution is -2.40. The second kappa shape index (κ2) is 11.1. The molecule has 1 aliphatic rings. The molecule has 37 heavy (non-hydrogen) atoms.